The number of aryl methyl sites for hydroxylation is 3. The molecule has 2 heterocycles. The summed E-state index contributed by atoms with van der Waals surface area (Å²) in [7, 11) is 0. The first-order valence-electron chi connectivity index (χ1n) is 7.87. The first-order chi connectivity index (χ1) is 11.5. The van der Waals surface area contributed by atoms with Crippen LogP contribution in [0, 0.1) is 13.8 Å². The Morgan fingerprint density at radius 2 is 2.12 bits per heavy atom. The summed E-state index contributed by atoms with van der Waals surface area (Å²) in [6.45, 7) is 11.3. The maximum Gasteiger partial charge on any atom is 0.300 e. The molecule has 3 rings (SSSR count). The highest BCUT2D eigenvalue weighted by Crippen LogP contribution is 2.22. The SMILES string of the molecule is C=CCn1c(=NC(=O)c2ccn(CC)n2)sc2cc(C)c(C)cc21. The number of allylic oxidation sites excluding steroid dienone is 1. The summed E-state index contributed by atoms with van der Waals surface area (Å²) in [6.07, 6.45) is 3.61. The maximum atomic E-state index is 12.4. The van der Waals surface area contributed by atoms with E-state index in [0.29, 0.717) is 17.0 Å². The van der Waals surface area contributed by atoms with E-state index in [0.717, 1.165) is 16.8 Å². The second-order valence-corrected chi connectivity index (χ2v) is 6.67. The van der Waals surface area contributed by atoms with Crippen LogP contribution in [0.1, 0.15) is 28.5 Å². The third kappa shape index (κ3) is 2.97. The van der Waals surface area contributed by atoms with Crippen molar-refractivity contribution in [1.82, 2.24) is 14.3 Å². The Morgan fingerprint density at radius 3 is 2.79 bits per heavy atom. The van der Waals surface area contributed by atoms with Crippen molar-refractivity contribution >= 4 is 27.5 Å². The molecule has 0 N–H and O–H groups in total. The van der Waals surface area contributed by atoms with Gasteiger partial charge in [-0.2, -0.15) is 10.1 Å². The van der Waals surface area contributed by atoms with Gasteiger partial charge in [0.1, 0.15) is 0 Å². The molecule has 0 unspecified atom stereocenters. The minimum absolute atomic E-state index is 0.319. The monoisotopic (exact) mass is 340 g/mol. The standard InChI is InChI=1S/C18H20N4OS/c1-5-8-22-15-10-12(3)13(4)11-16(15)24-18(22)19-17(23)14-7-9-21(6-2)20-14/h5,7,9-11H,1,6,8H2,2-4H3. The molecule has 2 aromatic heterocycles. The van der Waals surface area contributed by atoms with E-state index in [1.807, 2.05) is 17.6 Å². The molecule has 124 valence electrons. The molecule has 5 nitrogen and oxygen atoms in total. The molecule has 0 fully saturated rings. The molecule has 3 aromatic rings. The van der Waals surface area contributed by atoms with E-state index in [1.165, 1.54) is 22.5 Å². The fraction of sp³-hybridized carbons (Fsp3) is 0.278. The third-order valence-electron chi connectivity index (χ3n) is 3.99. The van der Waals surface area contributed by atoms with Crippen molar-refractivity contribution in [3.05, 3.63) is 58.7 Å². The molecule has 1 aromatic carbocycles. The minimum atomic E-state index is -0.319. The van der Waals surface area contributed by atoms with Gasteiger partial charge in [0, 0.05) is 19.3 Å². The second kappa shape index (κ2) is 6.57. The van der Waals surface area contributed by atoms with Crippen molar-refractivity contribution in [2.24, 2.45) is 4.99 Å². The zero-order valence-corrected chi connectivity index (χ0v) is 14.9. The summed E-state index contributed by atoms with van der Waals surface area (Å²) < 4.78 is 4.86. The number of carbonyl (C=O) groups excluding carboxylic acids is 1. The van der Waals surface area contributed by atoms with Crippen LogP contribution in [0.25, 0.3) is 10.2 Å². The Bertz CT molecular complexity index is 990. The van der Waals surface area contributed by atoms with Gasteiger partial charge in [-0.05, 0) is 50.1 Å². The fourth-order valence-corrected chi connectivity index (χ4v) is 3.63. The molecule has 0 aliphatic rings. The highest BCUT2D eigenvalue weighted by molar-refractivity contribution is 7.16. The number of carbonyl (C=O) groups is 1. The highest BCUT2D eigenvalue weighted by Gasteiger charge is 2.11. The number of thiazole rings is 1. The van der Waals surface area contributed by atoms with Crippen LogP contribution < -0.4 is 4.80 Å². The number of nitrogens with zero attached hydrogens (tertiary/aromatic N) is 4. The minimum Gasteiger partial charge on any atom is -0.312 e. The largest absolute Gasteiger partial charge is 0.312 e. The number of aromatic nitrogens is 3. The predicted molar refractivity (Wildman–Crippen MR) is 97.3 cm³/mol. The molecular formula is C18H20N4OS. The van der Waals surface area contributed by atoms with E-state index < -0.39 is 0 Å². The van der Waals surface area contributed by atoms with Gasteiger partial charge in [0.2, 0.25) is 0 Å². The van der Waals surface area contributed by atoms with Gasteiger partial charge < -0.3 is 4.57 Å². The van der Waals surface area contributed by atoms with Crippen LogP contribution in [0.5, 0.6) is 0 Å². The van der Waals surface area contributed by atoms with Crippen LogP contribution in [0.4, 0.5) is 0 Å². The number of hydrogen-bond donors (Lipinski definition) is 0. The molecule has 0 bridgehead atoms. The van der Waals surface area contributed by atoms with Gasteiger partial charge in [0.15, 0.2) is 10.5 Å². The molecule has 24 heavy (non-hydrogen) atoms. The lowest BCUT2D eigenvalue weighted by Crippen LogP contribution is -2.16. The zero-order valence-electron chi connectivity index (χ0n) is 14.1. The summed E-state index contributed by atoms with van der Waals surface area (Å²) >= 11 is 1.52. The van der Waals surface area contributed by atoms with E-state index in [-0.39, 0.29) is 5.91 Å². The van der Waals surface area contributed by atoms with Gasteiger partial charge in [0.25, 0.3) is 5.91 Å². The molecule has 0 saturated carbocycles. The van der Waals surface area contributed by atoms with Gasteiger partial charge >= 0.3 is 0 Å². The number of hydrogen-bond acceptors (Lipinski definition) is 3. The Hall–Kier alpha value is -2.47. The maximum absolute atomic E-state index is 12.4. The topological polar surface area (TPSA) is 52.2 Å². The Kier molecular flexibility index (Phi) is 4.49. The lowest BCUT2D eigenvalue weighted by atomic mass is 10.1. The Morgan fingerprint density at radius 1 is 1.38 bits per heavy atom. The van der Waals surface area contributed by atoms with Gasteiger partial charge in [0.05, 0.1) is 10.2 Å². The van der Waals surface area contributed by atoms with E-state index in [9.17, 15) is 4.79 Å². The first kappa shape index (κ1) is 16.4. The van der Waals surface area contributed by atoms with E-state index >= 15 is 0 Å². The van der Waals surface area contributed by atoms with Crippen LogP contribution in [0.2, 0.25) is 0 Å². The van der Waals surface area contributed by atoms with Crippen LogP contribution >= 0.6 is 11.3 Å². The molecular weight excluding hydrogens is 320 g/mol. The lowest BCUT2D eigenvalue weighted by molar-refractivity contribution is 0.0992. The summed E-state index contributed by atoms with van der Waals surface area (Å²) in [6, 6.07) is 5.99. The summed E-state index contributed by atoms with van der Waals surface area (Å²) in [5.41, 5.74) is 3.90. The molecule has 6 heteroatoms. The van der Waals surface area contributed by atoms with Crippen molar-refractivity contribution in [3.63, 3.8) is 0 Å². The normalized spacial score (nSPS) is 12.0. The van der Waals surface area contributed by atoms with Gasteiger partial charge in [-0.15, -0.1) is 6.58 Å². The zero-order chi connectivity index (χ0) is 17.3. The van der Waals surface area contributed by atoms with Crippen molar-refractivity contribution < 1.29 is 4.79 Å². The Labute approximate surface area is 144 Å². The molecule has 0 aliphatic carbocycles. The Balaban J connectivity index is 2.14. The molecule has 0 saturated heterocycles. The molecule has 0 aliphatic heterocycles. The second-order valence-electron chi connectivity index (χ2n) is 5.66. The first-order valence-corrected chi connectivity index (χ1v) is 8.69. The van der Waals surface area contributed by atoms with Crippen molar-refractivity contribution in [1.29, 1.82) is 0 Å². The smallest absolute Gasteiger partial charge is 0.300 e. The van der Waals surface area contributed by atoms with Crippen LogP contribution in [0.3, 0.4) is 0 Å². The number of amides is 1. The van der Waals surface area contributed by atoms with Gasteiger partial charge in [-0.25, -0.2) is 0 Å². The van der Waals surface area contributed by atoms with E-state index in [4.69, 9.17) is 0 Å². The average Bonchev–Trinajstić information content (AvgIpc) is 3.15. The third-order valence-corrected chi connectivity index (χ3v) is 5.03. The average molecular weight is 340 g/mol. The van der Waals surface area contributed by atoms with Gasteiger partial charge in [-0.1, -0.05) is 17.4 Å². The number of benzene rings is 1. The van der Waals surface area contributed by atoms with Crippen LogP contribution in [-0.2, 0) is 13.1 Å². The van der Waals surface area contributed by atoms with Gasteiger partial charge in [-0.3, -0.25) is 9.48 Å². The van der Waals surface area contributed by atoms with E-state index in [2.05, 4.69) is 42.7 Å². The van der Waals surface area contributed by atoms with Crippen molar-refractivity contribution in [2.45, 2.75) is 33.9 Å². The quantitative estimate of drug-likeness (QED) is 0.683. The van der Waals surface area contributed by atoms with E-state index in [1.54, 1.807) is 16.9 Å². The number of rotatable bonds is 4. The fourth-order valence-electron chi connectivity index (χ4n) is 2.51. The van der Waals surface area contributed by atoms with Crippen LogP contribution in [0.15, 0.2) is 42.0 Å². The summed E-state index contributed by atoms with van der Waals surface area (Å²) in [5, 5.41) is 4.23. The van der Waals surface area contributed by atoms with Crippen molar-refractivity contribution in [3.8, 4) is 0 Å². The summed E-state index contributed by atoms with van der Waals surface area (Å²) in [5.74, 6) is -0.319. The lowest BCUT2D eigenvalue weighted by Gasteiger charge is -2.03. The molecule has 1 amide bonds. The molecule has 0 spiro atoms. The number of fused-ring (bicyclic) bond motifs is 1. The summed E-state index contributed by atoms with van der Waals surface area (Å²) in [4.78, 5) is 17.4. The predicted octanol–water partition coefficient (Wildman–Crippen LogP) is 3.46. The molecule has 0 atom stereocenters. The van der Waals surface area contributed by atoms with Crippen LogP contribution in [-0.4, -0.2) is 20.3 Å². The van der Waals surface area contributed by atoms with Crippen molar-refractivity contribution in [2.75, 3.05) is 0 Å². The highest BCUT2D eigenvalue weighted by atomic mass is 32.1. The molecule has 0 radical (unpaired) electrons.